The first kappa shape index (κ1) is 16.9. The van der Waals surface area contributed by atoms with E-state index in [0.29, 0.717) is 5.56 Å². The van der Waals surface area contributed by atoms with Crippen LogP contribution in [0.1, 0.15) is 21.5 Å². The Morgan fingerprint density at radius 1 is 1.16 bits per heavy atom. The van der Waals surface area contributed by atoms with Gasteiger partial charge in [0.1, 0.15) is 0 Å². The monoisotopic (exact) mass is 351 g/mol. The highest BCUT2D eigenvalue weighted by Gasteiger charge is 2.07. The molecule has 0 aliphatic rings. The highest BCUT2D eigenvalue weighted by Crippen LogP contribution is 2.23. The largest absolute Gasteiger partial charge is 0.343 e. The first-order chi connectivity index (χ1) is 12.1. The van der Waals surface area contributed by atoms with Crippen LogP contribution in [0.15, 0.2) is 59.0 Å². The minimum absolute atomic E-state index is 0.130. The van der Waals surface area contributed by atoms with Gasteiger partial charge in [-0.2, -0.15) is 5.10 Å². The van der Waals surface area contributed by atoms with E-state index in [1.54, 1.807) is 35.8 Å². The molecule has 1 heterocycles. The lowest BCUT2D eigenvalue weighted by Gasteiger charge is -2.04. The van der Waals surface area contributed by atoms with Gasteiger partial charge in [-0.1, -0.05) is 35.9 Å². The molecule has 0 aliphatic carbocycles. The molecule has 0 spiro atoms. The number of hydrogen-bond donors (Lipinski definition) is 2. The molecule has 5 nitrogen and oxygen atoms in total. The third kappa shape index (κ3) is 4.30. The maximum Gasteiger partial charge on any atom is 0.259 e. The van der Waals surface area contributed by atoms with Crippen molar-refractivity contribution in [2.75, 3.05) is 6.54 Å². The van der Waals surface area contributed by atoms with Crippen LogP contribution in [0, 0.1) is 6.92 Å². The van der Waals surface area contributed by atoms with Crippen molar-refractivity contribution < 1.29 is 9.59 Å². The minimum atomic E-state index is -0.378. The van der Waals surface area contributed by atoms with Crippen LogP contribution in [0.5, 0.6) is 0 Å². The van der Waals surface area contributed by atoms with Crippen molar-refractivity contribution in [3.8, 4) is 0 Å². The highest BCUT2D eigenvalue weighted by atomic mass is 32.1. The van der Waals surface area contributed by atoms with Gasteiger partial charge in [0.25, 0.3) is 11.8 Å². The average Bonchev–Trinajstić information content (AvgIpc) is 3.03. The van der Waals surface area contributed by atoms with E-state index in [0.717, 1.165) is 16.5 Å². The van der Waals surface area contributed by atoms with Crippen LogP contribution in [0.2, 0.25) is 0 Å². The Kier molecular flexibility index (Phi) is 5.20. The van der Waals surface area contributed by atoms with Crippen molar-refractivity contribution >= 4 is 39.5 Å². The van der Waals surface area contributed by atoms with Gasteiger partial charge in [-0.15, -0.1) is 11.3 Å². The molecule has 126 valence electrons. The zero-order valence-electron chi connectivity index (χ0n) is 13.7. The van der Waals surface area contributed by atoms with E-state index < -0.39 is 0 Å². The van der Waals surface area contributed by atoms with Crippen LogP contribution >= 0.6 is 11.3 Å². The smallest absolute Gasteiger partial charge is 0.259 e. The molecule has 1 aromatic heterocycles. The zero-order chi connectivity index (χ0) is 17.6. The van der Waals surface area contributed by atoms with E-state index in [-0.39, 0.29) is 18.4 Å². The van der Waals surface area contributed by atoms with E-state index in [2.05, 4.69) is 15.8 Å². The van der Waals surface area contributed by atoms with Gasteiger partial charge in [-0.05, 0) is 25.1 Å². The van der Waals surface area contributed by atoms with Gasteiger partial charge in [0.2, 0.25) is 0 Å². The maximum atomic E-state index is 12.0. The van der Waals surface area contributed by atoms with Crippen molar-refractivity contribution in [2.45, 2.75) is 6.92 Å². The molecule has 0 fully saturated rings. The van der Waals surface area contributed by atoms with Gasteiger partial charge in [-0.25, -0.2) is 5.43 Å². The number of nitrogens with zero attached hydrogens (tertiary/aromatic N) is 1. The first-order valence-electron chi connectivity index (χ1n) is 7.76. The Hall–Kier alpha value is -2.99. The molecule has 3 rings (SSSR count). The summed E-state index contributed by atoms with van der Waals surface area (Å²) in [6.45, 7) is 1.78. The Morgan fingerprint density at radius 3 is 2.84 bits per heavy atom. The maximum absolute atomic E-state index is 12.0. The highest BCUT2D eigenvalue weighted by molar-refractivity contribution is 7.17. The number of fused-ring (bicyclic) bond motifs is 1. The number of benzene rings is 2. The van der Waals surface area contributed by atoms with Crippen LogP contribution in [0.25, 0.3) is 10.1 Å². The molecule has 0 saturated carbocycles. The van der Waals surface area contributed by atoms with Gasteiger partial charge in [0.05, 0.1) is 12.8 Å². The average molecular weight is 351 g/mol. The van der Waals surface area contributed by atoms with Crippen LogP contribution in [-0.2, 0) is 4.79 Å². The van der Waals surface area contributed by atoms with Gasteiger partial charge in [0.15, 0.2) is 0 Å². The topological polar surface area (TPSA) is 70.6 Å². The van der Waals surface area contributed by atoms with E-state index in [4.69, 9.17) is 0 Å². The lowest BCUT2D eigenvalue weighted by Crippen LogP contribution is -2.34. The molecule has 6 heteroatoms. The zero-order valence-corrected chi connectivity index (χ0v) is 14.5. The fraction of sp³-hybridized carbons (Fsp3) is 0.105. The van der Waals surface area contributed by atoms with E-state index in [1.165, 1.54) is 4.70 Å². The first-order valence-corrected chi connectivity index (χ1v) is 8.64. The number of hydrazone groups is 1. The number of rotatable bonds is 5. The van der Waals surface area contributed by atoms with Crippen molar-refractivity contribution in [1.29, 1.82) is 0 Å². The van der Waals surface area contributed by atoms with Crippen molar-refractivity contribution in [3.63, 3.8) is 0 Å². The van der Waals surface area contributed by atoms with Crippen molar-refractivity contribution in [2.24, 2.45) is 5.10 Å². The summed E-state index contributed by atoms with van der Waals surface area (Å²) in [7, 11) is 0. The van der Waals surface area contributed by atoms with Crippen LogP contribution in [0.3, 0.4) is 0 Å². The van der Waals surface area contributed by atoms with Gasteiger partial charge >= 0.3 is 0 Å². The fourth-order valence-electron chi connectivity index (χ4n) is 2.36. The number of carbonyl (C=O) groups excluding carboxylic acids is 2. The summed E-state index contributed by atoms with van der Waals surface area (Å²) < 4.78 is 1.17. The Bertz CT molecular complexity index is 947. The molecule has 2 amide bonds. The number of amides is 2. The van der Waals surface area contributed by atoms with Crippen LogP contribution < -0.4 is 10.7 Å². The molecule has 3 aromatic rings. The SMILES string of the molecule is Cc1cccc(C(=O)NCC(=O)NN=Cc2csc3ccccc23)c1. The van der Waals surface area contributed by atoms with Crippen molar-refractivity contribution in [3.05, 3.63) is 70.6 Å². The third-order valence-electron chi connectivity index (χ3n) is 3.59. The molecule has 0 atom stereocenters. The van der Waals surface area contributed by atoms with Gasteiger partial charge in [-0.3, -0.25) is 9.59 Å². The molecule has 0 bridgehead atoms. The lowest BCUT2D eigenvalue weighted by atomic mass is 10.1. The summed E-state index contributed by atoms with van der Waals surface area (Å²) in [5.41, 5.74) is 4.89. The second-order valence-corrected chi connectivity index (χ2v) is 6.44. The fourth-order valence-corrected chi connectivity index (χ4v) is 3.27. The summed E-state index contributed by atoms with van der Waals surface area (Å²) in [6.07, 6.45) is 1.61. The molecule has 0 unspecified atom stereocenters. The van der Waals surface area contributed by atoms with Crippen molar-refractivity contribution in [1.82, 2.24) is 10.7 Å². The van der Waals surface area contributed by atoms with E-state index in [1.807, 2.05) is 42.6 Å². The Labute approximate surface area is 149 Å². The molecule has 0 saturated heterocycles. The molecular weight excluding hydrogens is 334 g/mol. The summed E-state index contributed by atoms with van der Waals surface area (Å²) in [6, 6.07) is 15.2. The Morgan fingerprint density at radius 2 is 2.00 bits per heavy atom. The third-order valence-corrected chi connectivity index (χ3v) is 4.58. The minimum Gasteiger partial charge on any atom is -0.343 e. The molecule has 25 heavy (non-hydrogen) atoms. The predicted octanol–water partition coefficient (Wildman–Crippen LogP) is 3.09. The van der Waals surface area contributed by atoms with E-state index in [9.17, 15) is 9.59 Å². The van der Waals surface area contributed by atoms with Gasteiger partial charge in [0, 0.05) is 26.6 Å². The van der Waals surface area contributed by atoms with E-state index >= 15 is 0 Å². The number of hydrogen-bond acceptors (Lipinski definition) is 4. The molecule has 2 aromatic carbocycles. The predicted molar refractivity (Wildman–Crippen MR) is 101 cm³/mol. The Balaban J connectivity index is 1.52. The second-order valence-electron chi connectivity index (χ2n) is 5.53. The standard InChI is InChI=1S/C19H17N3O2S/c1-13-5-4-6-14(9-13)19(24)20-11-18(23)22-21-10-15-12-25-17-8-3-2-7-16(15)17/h2-10,12H,11H2,1H3,(H,20,24)(H,22,23). The number of thiophene rings is 1. The summed E-state index contributed by atoms with van der Waals surface area (Å²) >= 11 is 1.62. The second kappa shape index (κ2) is 7.72. The summed E-state index contributed by atoms with van der Waals surface area (Å²) in [4.78, 5) is 23.8. The normalized spacial score (nSPS) is 10.9. The molecular formula is C19H17N3O2S. The molecule has 0 aliphatic heterocycles. The summed E-state index contributed by atoms with van der Waals surface area (Å²) in [5.74, 6) is -0.663. The number of aryl methyl sites for hydroxylation is 1. The lowest BCUT2D eigenvalue weighted by molar-refractivity contribution is -0.120. The number of nitrogens with one attached hydrogen (secondary N) is 2. The van der Waals surface area contributed by atoms with Crippen LogP contribution in [0.4, 0.5) is 0 Å². The molecule has 0 radical (unpaired) electrons. The summed E-state index contributed by atoms with van der Waals surface area (Å²) in [5, 5.41) is 9.62. The van der Waals surface area contributed by atoms with Gasteiger partial charge < -0.3 is 5.32 Å². The number of carbonyl (C=O) groups is 2. The molecule has 2 N–H and O–H groups in total. The quantitative estimate of drug-likeness (QED) is 0.548. The van der Waals surface area contributed by atoms with Crippen LogP contribution in [-0.4, -0.2) is 24.6 Å².